The van der Waals surface area contributed by atoms with Crippen LogP contribution >= 0.6 is 11.5 Å². The Morgan fingerprint density at radius 1 is 1.08 bits per heavy atom. The molecule has 1 aromatic heterocycles. The zero-order chi connectivity index (χ0) is 27.1. The molecule has 0 aliphatic carbocycles. The molecule has 0 saturated heterocycles. The Morgan fingerprint density at radius 3 is 2.27 bits per heavy atom. The minimum Gasteiger partial charge on any atom is -0.494 e. The number of nitrogens with two attached hydrogens (primary N) is 2. The lowest BCUT2D eigenvalue weighted by molar-refractivity contribution is -0.122. The number of amides is 3. The molecule has 196 valence electrons. The molecule has 3 amide bonds. The van der Waals surface area contributed by atoms with Crippen molar-refractivity contribution in [3.8, 4) is 5.75 Å². The smallest absolute Gasteiger partial charge is 0.273 e. The van der Waals surface area contributed by atoms with Crippen LogP contribution < -0.4 is 26.4 Å². The summed E-state index contributed by atoms with van der Waals surface area (Å²) in [6.45, 7) is 8.91. The first-order valence-electron chi connectivity index (χ1n) is 12.1. The molecule has 3 rings (SSSR count). The van der Waals surface area contributed by atoms with E-state index < -0.39 is 17.9 Å². The van der Waals surface area contributed by atoms with Gasteiger partial charge in [0.25, 0.3) is 11.8 Å². The molecule has 0 saturated carbocycles. The SMILES string of the molecule is CCOc1ccc(N(C(=O)c2snc(C(N)=O)c2N)[C@H](C(=O)NCCC(C)C)c2ccc(C)cc2)cc1. The molecule has 0 unspecified atom stereocenters. The summed E-state index contributed by atoms with van der Waals surface area (Å²) < 4.78 is 9.54. The van der Waals surface area contributed by atoms with Crippen molar-refractivity contribution in [1.82, 2.24) is 9.69 Å². The topological polar surface area (TPSA) is 141 Å². The Morgan fingerprint density at radius 2 is 1.73 bits per heavy atom. The van der Waals surface area contributed by atoms with Crippen molar-refractivity contribution < 1.29 is 19.1 Å². The number of carbonyl (C=O) groups excluding carboxylic acids is 3. The lowest BCUT2D eigenvalue weighted by atomic mass is 10.0. The van der Waals surface area contributed by atoms with Crippen LogP contribution in [-0.4, -0.2) is 35.2 Å². The fraction of sp³-hybridized carbons (Fsp3) is 0.333. The van der Waals surface area contributed by atoms with Crippen molar-refractivity contribution in [3.63, 3.8) is 0 Å². The van der Waals surface area contributed by atoms with Gasteiger partial charge in [-0.1, -0.05) is 43.7 Å². The van der Waals surface area contributed by atoms with E-state index in [-0.39, 0.29) is 22.2 Å². The number of nitrogens with zero attached hydrogens (tertiary/aromatic N) is 2. The normalized spacial score (nSPS) is 11.7. The van der Waals surface area contributed by atoms with Crippen LogP contribution in [0.15, 0.2) is 48.5 Å². The van der Waals surface area contributed by atoms with Crippen molar-refractivity contribution in [2.24, 2.45) is 11.7 Å². The molecule has 10 heteroatoms. The molecule has 0 aliphatic heterocycles. The van der Waals surface area contributed by atoms with Crippen molar-refractivity contribution in [2.75, 3.05) is 23.8 Å². The van der Waals surface area contributed by atoms with Crippen LogP contribution in [0.4, 0.5) is 11.4 Å². The number of anilines is 2. The van der Waals surface area contributed by atoms with Gasteiger partial charge in [-0.25, -0.2) is 0 Å². The first-order chi connectivity index (χ1) is 17.6. The number of nitrogen functional groups attached to an aromatic ring is 1. The summed E-state index contributed by atoms with van der Waals surface area (Å²) in [7, 11) is 0. The number of hydrogen-bond donors (Lipinski definition) is 3. The Kier molecular flexibility index (Phi) is 9.24. The Labute approximate surface area is 221 Å². The molecule has 0 bridgehead atoms. The number of benzene rings is 2. The predicted octanol–water partition coefficient (Wildman–Crippen LogP) is 4.08. The number of aryl methyl sites for hydroxylation is 1. The standard InChI is InChI=1S/C27H33N5O4S/c1-5-36-20-12-10-19(11-13-20)32(27(35)24-21(28)22(25(29)33)31-37-24)23(18-8-6-17(4)7-9-18)26(34)30-15-14-16(2)3/h6-13,16,23H,5,14-15,28H2,1-4H3,(H2,29,33)(H,30,34)/t23-/m0/s1. The number of nitrogens with one attached hydrogen (secondary N) is 1. The summed E-state index contributed by atoms with van der Waals surface area (Å²) in [5.74, 6) is -0.727. The molecule has 0 spiro atoms. The van der Waals surface area contributed by atoms with Gasteiger partial charge in [-0.15, -0.1) is 0 Å². The average molecular weight is 524 g/mol. The monoisotopic (exact) mass is 523 g/mol. The van der Waals surface area contributed by atoms with E-state index >= 15 is 0 Å². The van der Waals surface area contributed by atoms with Crippen LogP contribution in [0.25, 0.3) is 0 Å². The molecule has 1 atom stereocenters. The molecule has 3 aromatic rings. The second kappa shape index (κ2) is 12.4. The molecule has 2 aromatic carbocycles. The molecular weight excluding hydrogens is 490 g/mol. The minimum atomic E-state index is -1.02. The van der Waals surface area contributed by atoms with Gasteiger partial charge >= 0.3 is 0 Å². The fourth-order valence-corrected chi connectivity index (χ4v) is 4.48. The van der Waals surface area contributed by atoms with E-state index in [4.69, 9.17) is 16.2 Å². The van der Waals surface area contributed by atoms with Crippen molar-refractivity contribution in [2.45, 2.75) is 40.2 Å². The van der Waals surface area contributed by atoms with Crippen LogP contribution in [0.3, 0.4) is 0 Å². The third kappa shape index (κ3) is 6.65. The summed E-state index contributed by atoms with van der Waals surface area (Å²) in [5.41, 5.74) is 13.3. The lowest BCUT2D eigenvalue weighted by Gasteiger charge is -2.31. The predicted molar refractivity (Wildman–Crippen MR) is 146 cm³/mol. The third-order valence-electron chi connectivity index (χ3n) is 5.72. The number of rotatable bonds is 11. The number of carbonyl (C=O) groups is 3. The molecule has 9 nitrogen and oxygen atoms in total. The summed E-state index contributed by atoms with van der Waals surface area (Å²) in [4.78, 5) is 40.9. The van der Waals surface area contributed by atoms with Gasteiger partial charge in [-0.05, 0) is 67.5 Å². The number of primary amides is 1. The second-order valence-corrected chi connectivity index (χ2v) is 9.80. The maximum absolute atomic E-state index is 14.0. The third-order valence-corrected chi connectivity index (χ3v) is 6.57. The molecule has 0 radical (unpaired) electrons. The van der Waals surface area contributed by atoms with Crippen molar-refractivity contribution in [3.05, 3.63) is 70.2 Å². The van der Waals surface area contributed by atoms with Gasteiger partial charge in [0, 0.05) is 12.2 Å². The second-order valence-electron chi connectivity index (χ2n) is 9.03. The highest BCUT2D eigenvalue weighted by Gasteiger charge is 2.36. The largest absolute Gasteiger partial charge is 0.494 e. The van der Waals surface area contributed by atoms with E-state index in [1.807, 2.05) is 38.1 Å². The lowest BCUT2D eigenvalue weighted by Crippen LogP contribution is -2.44. The summed E-state index contributed by atoms with van der Waals surface area (Å²) in [5, 5.41) is 2.98. The first-order valence-corrected chi connectivity index (χ1v) is 12.9. The van der Waals surface area contributed by atoms with E-state index in [9.17, 15) is 14.4 Å². The summed E-state index contributed by atoms with van der Waals surface area (Å²) >= 11 is 0.772. The number of ether oxygens (including phenoxy) is 1. The van der Waals surface area contributed by atoms with Crippen LogP contribution in [0, 0.1) is 12.8 Å². The molecule has 1 heterocycles. The quantitative estimate of drug-likeness (QED) is 0.346. The van der Waals surface area contributed by atoms with Gasteiger partial charge in [-0.3, -0.25) is 19.3 Å². The minimum absolute atomic E-state index is 0.0229. The first kappa shape index (κ1) is 27.7. The summed E-state index contributed by atoms with van der Waals surface area (Å²) in [6, 6.07) is 13.3. The van der Waals surface area contributed by atoms with E-state index in [0.29, 0.717) is 36.1 Å². The Hall–Kier alpha value is -3.92. The van der Waals surface area contributed by atoms with Gasteiger partial charge in [0.1, 0.15) is 16.7 Å². The van der Waals surface area contributed by atoms with Crippen LogP contribution in [0.2, 0.25) is 0 Å². The van der Waals surface area contributed by atoms with E-state index in [1.54, 1.807) is 24.3 Å². The number of hydrogen-bond acceptors (Lipinski definition) is 7. The highest BCUT2D eigenvalue weighted by molar-refractivity contribution is 7.09. The van der Waals surface area contributed by atoms with Gasteiger partial charge in [0.2, 0.25) is 5.91 Å². The Bertz CT molecular complexity index is 1240. The van der Waals surface area contributed by atoms with Crippen molar-refractivity contribution >= 4 is 40.6 Å². The zero-order valence-corrected chi connectivity index (χ0v) is 22.3. The molecular formula is C27H33N5O4S. The molecule has 37 heavy (non-hydrogen) atoms. The zero-order valence-electron chi connectivity index (χ0n) is 21.5. The van der Waals surface area contributed by atoms with Gasteiger partial charge in [0.05, 0.1) is 12.3 Å². The van der Waals surface area contributed by atoms with Gasteiger partial charge in [-0.2, -0.15) is 4.37 Å². The van der Waals surface area contributed by atoms with Crippen molar-refractivity contribution in [1.29, 1.82) is 0 Å². The number of aromatic nitrogens is 1. The molecule has 0 aliphatic rings. The van der Waals surface area contributed by atoms with Crippen LogP contribution in [-0.2, 0) is 4.79 Å². The Balaban J connectivity index is 2.15. The van der Waals surface area contributed by atoms with Gasteiger partial charge in [0.15, 0.2) is 5.69 Å². The van der Waals surface area contributed by atoms with E-state index in [1.165, 1.54) is 4.90 Å². The maximum atomic E-state index is 14.0. The molecule has 5 N–H and O–H groups in total. The maximum Gasteiger partial charge on any atom is 0.273 e. The van der Waals surface area contributed by atoms with E-state index in [0.717, 1.165) is 23.5 Å². The van der Waals surface area contributed by atoms with Crippen LogP contribution in [0.1, 0.15) is 64.5 Å². The van der Waals surface area contributed by atoms with Crippen LogP contribution in [0.5, 0.6) is 5.75 Å². The molecule has 0 fully saturated rings. The highest BCUT2D eigenvalue weighted by atomic mass is 32.1. The van der Waals surface area contributed by atoms with Gasteiger partial charge < -0.3 is 21.5 Å². The highest BCUT2D eigenvalue weighted by Crippen LogP contribution is 2.34. The average Bonchev–Trinajstić information content (AvgIpc) is 3.25. The fourth-order valence-electron chi connectivity index (χ4n) is 3.74. The van der Waals surface area contributed by atoms with E-state index in [2.05, 4.69) is 23.5 Å². The summed E-state index contributed by atoms with van der Waals surface area (Å²) in [6.07, 6.45) is 0.785.